The number of hydrogen-bond donors (Lipinski definition) is 2. The van der Waals surface area contributed by atoms with Gasteiger partial charge in [0.25, 0.3) is 11.8 Å². The molecule has 9 nitrogen and oxygen atoms in total. The van der Waals surface area contributed by atoms with E-state index in [0.717, 1.165) is 17.1 Å². The van der Waals surface area contributed by atoms with Crippen molar-refractivity contribution in [2.45, 2.75) is 32.5 Å². The van der Waals surface area contributed by atoms with E-state index in [1.807, 2.05) is 56.4 Å². The number of benzene rings is 3. The van der Waals surface area contributed by atoms with E-state index in [9.17, 15) is 14.7 Å². The van der Waals surface area contributed by atoms with Crippen molar-refractivity contribution >= 4 is 17.5 Å². The quantitative estimate of drug-likeness (QED) is 0.251. The van der Waals surface area contributed by atoms with Crippen LogP contribution in [0.4, 0.5) is 5.69 Å². The van der Waals surface area contributed by atoms with Crippen LogP contribution >= 0.6 is 0 Å². The van der Waals surface area contributed by atoms with Gasteiger partial charge in [-0.25, -0.2) is 0 Å². The van der Waals surface area contributed by atoms with Gasteiger partial charge >= 0.3 is 0 Å². The Morgan fingerprint density at radius 2 is 1.77 bits per heavy atom. The van der Waals surface area contributed by atoms with Crippen molar-refractivity contribution in [2.75, 3.05) is 32.1 Å². The zero-order chi connectivity index (χ0) is 31.1. The third kappa shape index (κ3) is 7.61. The first kappa shape index (κ1) is 30.7. The molecule has 3 aromatic carbocycles. The Kier molecular flexibility index (Phi) is 9.89. The average molecular weight is 595 g/mol. The van der Waals surface area contributed by atoms with E-state index in [1.54, 1.807) is 47.6 Å². The maximum atomic E-state index is 13.7. The first-order valence-electron chi connectivity index (χ1n) is 14.7. The van der Waals surface area contributed by atoms with Gasteiger partial charge in [0.05, 0.1) is 18.2 Å². The first-order valence-corrected chi connectivity index (χ1v) is 14.7. The molecule has 2 N–H and O–H groups in total. The molecule has 1 aliphatic heterocycles. The summed E-state index contributed by atoms with van der Waals surface area (Å²) >= 11 is 0. The molecule has 1 aliphatic rings. The number of anilines is 1. The number of carbonyl (C=O) groups excluding carboxylic acids is 2. The molecule has 4 aromatic rings. The molecular weight excluding hydrogens is 556 g/mol. The Hall–Kier alpha value is -4.73. The number of nitrogens with one attached hydrogen (secondary N) is 1. The number of ether oxygens (including phenoxy) is 2. The number of aliphatic hydroxyl groups excluding tert-OH is 1. The number of amides is 2. The number of para-hydroxylation sites is 1. The Labute approximate surface area is 258 Å². The number of fused-ring (bicyclic) bond motifs is 1. The van der Waals surface area contributed by atoms with E-state index in [4.69, 9.17) is 9.47 Å². The highest BCUT2D eigenvalue weighted by Gasteiger charge is 2.33. The molecule has 0 radical (unpaired) electrons. The van der Waals surface area contributed by atoms with Crippen LogP contribution in [-0.4, -0.2) is 70.6 Å². The molecule has 0 aliphatic carbocycles. The van der Waals surface area contributed by atoms with Gasteiger partial charge in [0.1, 0.15) is 23.4 Å². The van der Waals surface area contributed by atoms with E-state index < -0.39 is 0 Å². The van der Waals surface area contributed by atoms with Crippen LogP contribution in [0.25, 0.3) is 0 Å². The number of aromatic nitrogens is 1. The molecule has 0 saturated carbocycles. The van der Waals surface area contributed by atoms with Crippen LogP contribution in [0, 0.1) is 5.92 Å². The summed E-state index contributed by atoms with van der Waals surface area (Å²) in [5.74, 6) is 1.43. The molecule has 0 bridgehead atoms. The highest BCUT2D eigenvalue weighted by Crippen LogP contribution is 2.31. The van der Waals surface area contributed by atoms with Gasteiger partial charge in [-0.05, 0) is 74.1 Å². The minimum atomic E-state index is -0.388. The summed E-state index contributed by atoms with van der Waals surface area (Å²) in [5, 5.41) is 12.8. The lowest BCUT2D eigenvalue weighted by Crippen LogP contribution is -2.49. The molecule has 44 heavy (non-hydrogen) atoms. The predicted molar refractivity (Wildman–Crippen MR) is 169 cm³/mol. The fraction of sp³-hybridized carbons (Fsp3) is 0.286. The molecule has 0 saturated heterocycles. The topological polar surface area (TPSA) is 104 Å². The molecule has 2 heterocycles. The average Bonchev–Trinajstić information content (AvgIpc) is 3.04. The Bertz CT molecular complexity index is 1550. The van der Waals surface area contributed by atoms with Gasteiger partial charge in [-0.1, -0.05) is 37.3 Å². The van der Waals surface area contributed by atoms with Gasteiger partial charge in [0, 0.05) is 49.2 Å². The lowest BCUT2D eigenvalue weighted by Gasteiger charge is -2.38. The standard InChI is InChI=1S/C35H38N4O5/c1-24-20-39(25(2)23-40)35(42)31-19-28(37-34(41)27-15-17-36-18-16-27)11-14-32(31)44-33(24)22-38(3)21-26-9-12-30(13-10-26)43-29-7-5-4-6-8-29/h4-19,24-25,33,40H,20-23H2,1-3H3,(H,37,41)/t24-,25-,33+/m0/s1. The first-order chi connectivity index (χ1) is 21.3. The van der Waals surface area contributed by atoms with Crippen molar-refractivity contribution in [3.63, 3.8) is 0 Å². The maximum Gasteiger partial charge on any atom is 0.258 e. The van der Waals surface area contributed by atoms with Crippen molar-refractivity contribution in [1.29, 1.82) is 0 Å². The fourth-order valence-electron chi connectivity index (χ4n) is 5.20. The van der Waals surface area contributed by atoms with Gasteiger partial charge in [0.2, 0.25) is 0 Å². The largest absolute Gasteiger partial charge is 0.488 e. The number of likely N-dealkylation sites (N-methyl/N-ethyl adjacent to an activating group) is 1. The number of rotatable bonds is 10. The highest BCUT2D eigenvalue weighted by atomic mass is 16.5. The molecule has 228 valence electrons. The highest BCUT2D eigenvalue weighted by molar-refractivity contribution is 6.05. The SMILES string of the molecule is C[C@H]1CN([C@@H](C)CO)C(=O)c2cc(NC(=O)c3ccncc3)ccc2O[C@@H]1CN(C)Cc1ccc(Oc2ccccc2)cc1. The summed E-state index contributed by atoms with van der Waals surface area (Å²) in [6, 6.07) is 25.7. The van der Waals surface area contributed by atoms with Crippen molar-refractivity contribution in [3.8, 4) is 17.2 Å². The Morgan fingerprint density at radius 3 is 2.48 bits per heavy atom. The van der Waals surface area contributed by atoms with Gasteiger partial charge in [0.15, 0.2) is 0 Å². The van der Waals surface area contributed by atoms with Crippen LogP contribution in [0.2, 0.25) is 0 Å². The summed E-state index contributed by atoms with van der Waals surface area (Å²) in [5.41, 5.74) is 2.40. The normalized spacial score (nSPS) is 17.2. The van der Waals surface area contributed by atoms with Crippen LogP contribution in [-0.2, 0) is 6.54 Å². The lowest BCUT2D eigenvalue weighted by atomic mass is 9.99. The predicted octanol–water partition coefficient (Wildman–Crippen LogP) is 5.48. The molecule has 3 atom stereocenters. The summed E-state index contributed by atoms with van der Waals surface area (Å²) in [4.78, 5) is 34.4. The van der Waals surface area contributed by atoms with Crippen molar-refractivity contribution in [3.05, 3.63) is 114 Å². The number of pyridine rings is 1. The van der Waals surface area contributed by atoms with Crippen LogP contribution in [0.5, 0.6) is 17.2 Å². The Morgan fingerprint density at radius 1 is 1.07 bits per heavy atom. The summed E-state index contributed by atoms with van der Waals surface area (Å²) in [6.07, 6.45) is 2.86. The third-order valence-corrected chi connectivity index (χ3v) is 7.71. The van der Waals surface area contributed by atoms with E-state index in [-0.39, 0.29) is 36.5 Å². The van der Waals surface area contributed by atoms with Crippen LogP contribution in [0.3, 0.4) is 0 Å². The van der Waals surface area contributed by atoms with Crippen LogP contribution in [0.1, 0.15) is 40.1 Å². The number of hydrogen-bond acceptors (Lipinski definition) is 7. The number of carbonyl (C=O) groups is 2. The maximum absolute atomic E-state index is 13.7. The molecule has 0 spiro atoms. The molecule has 0 unspecified atom stereocenters. The van der Waals surface area contributed by atoms with E-state index in [2.05, 4.69) is 34.3 Å². The van der Waals surface area contributed by atoms with E-state index >= 15 is 0 Å². The van der Waals surface area contributed by atoms with E-state index in [1.165, 1.54) is 0 Å². The van der Waals surface area contributed by atoms with Gasteiger partial charge < -0.3 is 24.8 Å². The summed E-state index contributed by atoms with van der Waals surface area (Å²) < 4.78 is 12.5. The smallest absolute Gasteiger partial charge is 0.258 e. The molecule has 1 aromatic heterocycles. The second kappa shape index (κ2) is 14.2. The van der Waals surface area contributed by atoms with Gasteiger partial charge in [-0.2, -0.15) is 0 Å². The van der Waals surface area contributed by atoms with Crippen molar-refractivity contribution in [2.24, 2.45) is 5.92 Å². The molecule has 5 rings (SSSR count). The van der Waals surface area contributed by atoms with Gasteiger partial charge in [-0.15, -0.1) is 0 Å². The van der Waals surface area contributed by atoms with Crippen molar-refractivity contribution in [1.82, 2.24) is 14.8 Å². The van der Waals surface area contributed by atoms with Crippen molar-refractivity contribution < 1.29 is 24.2 Å². The summed E-state index contributed by atoms with van der Waals surface area (Å²) in [6.45, 7) is 5.44. The second-order valence-corrected chi connectivity index (χ2v) is 11.3. The molecule has 0 fully saturated rings. The lowest BCUT2D eigenvalue weighted by molar-refractivity contribution is 0.0341. The number of nitrogens with zero attached hydrogens (tertiary/aromatic N) is 3. The van der Waals surface area contributed by atoms with E-state index in [0.29, 0.717) is 42.2 Å². The Balaban J connectivity index is 1.31. The fourth-order valence-corrected chi connectivity index (χ4v) is 5.20. The number of aliphatic hydroxyl groups is 1. The van der Waals surface area contributed by atoms with Gasteiger partial charge in [-0.3, -0.25) is 19.5 Å². The minimum Gasteiger partial charge on any atom is -0.488 e. The molecule has 2 amide bonds. The zero-order valence-electron chi connectivity index (χ0n) is 25.2. The minimum absolute atomic E-state index is 0.0173. The van der Waals surface area contributed by atoms with Crippen LogP contribution < -0.4 is 14.8 Å². The molecular formula is C35H38N4O5. The molecule has 9 heteroatoms. The second-order valence-electron chi connectivity index (χ2n) is 11.3. The summed E-state index contributed by atoms with van der Waals surface area (Å²) in [7, 11) is 2.04. The van der Waals surface area contributed by atoms with Crippen LogP contribution in [0.15, 0.2) is 97.3 Å². The zero-order valence-corrected chi connectivity index (χ0v) is 25.2. The third-order valence-electron chi connectivity index (χ3n) is 7.71. The monoisotopic (exact) mass is 594 g/mol.